The highest BCUT2D eigenvalue weighted by atomic mass is 79.9. The summed E-state index contributed by atoms with van der Waals surface area (Å²) in [6.07, 6.45) is 2.65. The third-order valence-corrected chi connectivity index (χ3v) is 7.60. The van der Waals surface area contributed by atoms with Crippen molar-refractivity contribution in [3.05, 3.63) is 63.5 Å². The smallest absolute Gasteiger partial charge is 0.294 e. The Kier molecular flexibility index (Phi) is 8.18. The van der Waals surface area contributed by atoms with Crippen LogP contribution in [0, 0.1) is 0 Å². The Hall–Kier alpha value is -2.78. The minimum atomic E-state index is -0.438. The molecule has 2 aromatic carbocycles. The van der Waals surface area contributed by atoms with Crippen LogP contribution in [0.15, 0.2) is 57.9 Å². The number of hydrogen-bond acceptors (Lipinski definition) is 6. The number of anilines is 1. The van der Waals surface area contributed by atoms with Crippen molar-refractivity contribution in [2.45, 2.75) is 26.4 Å². The standard InChI is InChI=1S/C26H28BrN3O4S/c1-3-18(2)34-22-10-9-19(15-21(22)27)16-23-25(32)30(26(33)35-23)17-24(31)29-13-11-28(12-14-29)20-7-5-4-6-8-20/h4-10,15-16,18H,3,11-14,17H2,1-2H3/b23-16+/t18-/m1/s1. The van der Waals surface area contributed by atoms with Gasteiger partial charge in [-0.25, -0.2) is 0 Å². The highest BCUT2D eigenvalue weighted by Crippen LogP contribution is 2.34. The van der Waals surface area contributed by atoms with E-state index in [9.17, 15) is 14.4 Å². The van der Waals surface area contributed by atoms with Gasteiger partial charge in [0.2, 0.25) is 5.91 Å². The summed E-state index contributed by atoms with van der Waals surface area (Å²) in [5, 5.41) is -0.423. The Morgan fingerprint density at radius 3 is 2.49 bits per heavy atom. The van der Waals surface area contributed by atoms with E-state index in [1.807, 2.05) is 43.3 Å². The predicted molar refractivity (Wildman–Crippen MR) is 142 cm³/mol. The van der Waals surface area contributed by atoms with Gasteiger partial charge < -0.3 is 14.5 Å². The normalized spacial score (nSPS) is 18.4. The first-order valence-corrected chi connectivity index (χ1v) is 13.3. The van der Waals surface area contributed by atoms with Crippen molar-refractivity contribution in [2.75, 3.05) is 37.6 Å². The summed E-state index contributed by atoms with van der Waals surface area (Å²) in [6, 6.07) is 15.6. The van der Waals surface area contributed by atoms with E-state index in [-0.39, 0.29) is 18.6 Å². The molecule has 2 aromatic rings. The van der Waals surface area contributed by atoms with Crippen molar-refractivity contribution in [1.82, 2.24) is 9.80 Å². The van der Waals surface area contributed by atoms with Crippen LogP contribution in [-0.4, -0.2) is 65.7 Å². The second-order valence-electron chi connectivity index (χ2n) is 8.50. The first-order valence-electron chi connectivity index (χ1n) is 11.6. The summed E-state index contributed by atoms with van der Waals surface area (Å²) in [7, 11) is 0. The van der Waals surface area contributed by atoms with E-state index in [0.29, 0.717) is 31.1 Å². The molecule has 7 nitrogen and oxygen atoms in total. The van der Waals surface area contributed by atoms with Crippen LogP contribution >= 0.6 is 27.7 Å². The zero-order valence-electron chi connectivity index (χ0n) is 19.8. The van der Waals surface area contributed by atoms with Crippen LogP contribution in [0.1, 0.15) is 25.8 Å². The van der Waals surface area contributed by atoms with Gasteiger partial charge in [-0.15, -0.1) is 0 Å². The van der Waals surface area contributed by atoms with Gasteiger partial charge in [0.05, 0.1) is 15.5 Å². The third-order valence-electron chi connectivity index (χ3n) is 6.08. The number of carbonyl (C=O) groups excluding carboxylic acids is 3. The highest BCUT2D eigenvalue weighted by molar-refractivity contribution is 9.10. The number of para-hydroxylation sites is 1. The minimum absolute atomic E-state index is 0.0903. The molecule has 2 fully saturated rings. The zero-order chi connectivity index (χ0) is 24.9. The summed E-state index contributed by atoms with van der Waals surface area (Å²) in [6.45, 7) is 6.35. The molecule has 2 saturated heterocycles. The molecule has 0 spiro atoms. The molecule has 0 radical (unpaired) electrons. The van der Waals surface area contributed by atoms with Crippen LogP contribution in [-0.2, 0) is 9.59 Å². The first kappa shape index (κ1) is 25.3. The van der Waals surface area contributed by atoms with Gasteiger partial charge in [0.15, 0.2) is 0 Å². The molecule has 2 aliphatic rings. The lowest BCUT2D eigenvalue weighted by Crippen LogP contribution is -2.51. The van der Waals surface area contributed by atoms with E-state index >= 15 is 0 Å². The number of imide groups is 1. The van der Waals surface area contributed by atoms with E-state index in [0.717, 1.165) is 44.6 Å². The predicted octanol–water partition coefficient (Wildman–Crippen LogP) is 5.01. The molecular weight excluding hydrogens is 530 g/mol. The average Bonchev–Trinajstić information content (AvgIpc) is 3.13. The molecule has 0 unspecified atom stereocenters. The lowest BCUT2D eigenvalue weighted by atomic mass is 10.2. The van der Waals surface area contributed by atoms with Crippen LogP contribution in [0.2, 0.25) is 0 Å². The molecule has 0 aliphatic carbocycles. The fourth-order valence-corrected chi connectivity index (χ4v) is 5.21. The Balaban J connectivity index is 1.36. The second kappa shape index (κ2) is 11.3. The molecule has 0 bridgehead atoms. The average molecular weight is 558 g/mol. The summed E-state index contributed by atoms with van der Waals surface area (Å²) in [5.74, 6) is 0.0745. The van der Waals surface area contributed by atoms with E-state index < -0.39 is 11.1 Å². The molecule has 3 amide bonds. The maximum absolute atomic E-state index is 12.9. The lowest BCUT2D eigenvalue weighted by molar-refractivity contribution is -0.136. The van der Waals surface area contributed by atoms with Gasteiger partial charge in [0, 0.05) is 31.9 Å². The van der Waals surface area contributed by atoms with Crippen LogP contribution in [0.5, 0.6) is 5.75 Å². The molecule has 0 aromatic heterocycles. The molecule has 1 atom stereocenters. The first-order chi connectivity index (χ1) is 16.9. The number of rotatable bonds is 7. The molecule has 2 aliphatic heterocycles. The molecule has 35 heavy (non-hydrogen) atoms. The maximum Gasteiger partial charge on any atom is 0.294 e. The van der Waals surface area contributed by atoms with Gasteiger partial charge >= 0.3 is 0 Å². The van der Waals surface area contributed by atoms with E-state index in [1.54, 1.807) is 11.0 Å². The van der Waals surface area contributed by atoms with Crippen molar-refractivity contribution < 1.29 is 19.1 Å². The van der Waals surface area contributed by atoms with Crippen molar-refractivity contribution in [3.63, 3.8) is 0 Å². The molecule has 0 saturated carbocycles. The number of halogens is 1. The molecule has 4 rings (SSSR count). The van der Waals surface area contributed by atoms with Gasteiger partial charge in [-0.1, -0.05) is 31.2 Å². The van der Waals surface area contributed by atoms with Gasteiger partial charge in [0.25, 0.3) is 11.1 Å². The van der Waals surface area contributed by atoms with Gasteiger partial charge in [-0.2, -0.15) is 0 Å². The summed E-state index contributed by atoms with van der Waals surface area (Å²) in [4.78, 5) is 43.6. The van der Waals surface area contributed by atoms with Crippen LogP contribution in [0.25, 0.3) is 6.08 Å². The Morgan fingerprint density at radius 2 is 1.83 bits per heavy atom. The quantitative estimate of drug-likeness (QED) is 0.445. The number of hydrogen-bond donors (Lipinski definition) is 0. The van der Waals surface area contributed by atoms with Crippen molar-refractivity contribution >= 4 is 56.5 Å². The van der Waals surface area contributed by atoms with Crippen molar-refractivity contribution in [1.29, 1.82) is 0 Å². The molecule has 9 heteroatoms. The van der Waals surface area contributed by atoms with Crippen molar-refractivity contribution in [2.24, 2.45) is 0 Å². The Morgan fingerprint density at radius 1 is 1.11 bits per heavy atom. The van der Waals surface area contributed by atoms with E-state index in [1.165, 1.54) is 0 Å². The van der Waals surface area contributed by atoms with Gasteiger partial charge in [-0.05, 0) is 76.9 Å². The number of nitrogens with zero attached hydrogens (tertiary/aromatic N) is 3. The largest absolute Gasteiger partial charge is 0.490 e. The number of carbonyl (C=O) groups is 3. The van der Waals surface area contributed by atoms with Gasteiger partial charge in [0.1, 0.15) is 12.3 Å². The summed E-state index contributed by atoms with van der Waals surface area (Å²) < 4.78 is 6.63. The number of ether oxygens (including phenoxy) is 1. The number of thioether (sulfide) groups is 1. The topological polar surface area (TPSA) is 70.2 Å². The van der Waals surface area contributed by atoms with Gasteiger partial charge in [-0.3, -0.25) is 19.3 Å². The molecule has 2 heterocycles. The molecular formula is C26H28BrN3O4S. The number of amides is 3. The van der Waals surface area contributed by atoms with Crippen molar-refractivity contribution in [3.8, 4) is 5.75 Å². The Labute approximate surface area is 218 Å². The zero-order valence-corrected chi connectivity index (χ0v) is 22.2. The second-order valence-corrected chi connectivity index (χ2v) is 10.3. The summed E-state index contributed by atoms with van der Waals surface area (Å²) in [5.41, 5.74) is 1.89. The third kappa shape index (κ3) is 6.08. The van der Waals surface area contributed by atoms with E-state index in [4.69, 9.17) is 4.74 Å². The monoisotopic (exact) mass is 557 g/mol. The Bertz CT molecular complexity index is 1130. The fourth-order valence-electron chi connectivity index (χ4n) is 3.88. The van der Waals surface area contributed by atoms with Crippen LogP contribution < -0.4 is 9.64 Å². The van der Waals surface area contributed by atoms with E-state index in [2.05, 4.69) is 39.9 Å². The summed E-state index contributed by atoms with van der Waals surface area (Å²) >= 11 is 4.37. The minimum Gasteiger partial charge on any atom is -0.490 e. The molecule has 184 valence electrons. The van der Waals surface area contributed by atoms with Crippen LogP contribution in [0.4, 0.5) is 10.5 Å². The fraction of sp³-hybridized carbons (Fsp3) is 0.346. The number of benzene rings is 2. The lowest BCUT2D eigenvalue weighted by Gasteiger charge is -2.36. The maximum atomic E-state index is 12.9. The highest BCUT2D eigenvalue weighted by Gasteiger charge is 2.37. The molecule has 0 N–H and O–H groups in total. The number of piperazine rings is 1. The van der Waals surface area contributed by atoms with Crippen LogP contribution in [0.3, 0.4) is 0 Å². The SMILES string of the molecule is CC[C@@H](C)Oc1ccc(/C=C2/SC(=O)N(CC(=O)N3CCN(c4ccccc4)CC3)C2=O)cc1Br.